The first-order chi connectivity index (χ1) is 10.7. The van der Waals surface area contributed by atoms with Gasteiger partial charge in [-0.25, -0.2) is 9.97 Å². The van der Waals surface area contributed by atoms with Crippen molar-refractivity contribution in [2.45, 2.75) is 26.2 Å². The largest absolute Gasteiger partial charge is 0.354 e. The number of carbonyl (C=O) groups is 1. The summed E-state index contributed by atoms with van der Waals surface area (Å²) >= 11 is 5.80. The first-order valence-corrected chi connectivity index (χ1v) is 7.69. The molecule has 0 atom stereocenters. The second-order valence-corrected chi connectivity index (χ2v) is 5.33. The Morgan fingerprint density at radius 2 is 1.82 bits per heavy atom. The van der Waals surface area contributed by atoms with Crippen molar-refractivity contribution in [3.05, 3.63) is 47.2 Å². The lowest BCUT2D eigenvalue weighted by Crippen LogP contribution is -2.13. The van der Waals surface area contributed by atoms with Crippen molar-refractivity contribution in [3.8, 4) is 0 Å². The van der Waals surface area contributed by atoms with E-state index in [0.29, 0.717) is 22.2 Å². The van der Waals surface area contributed by atoms with E-state index in [1.165, 1.54) is 25.2 Å². The Bertz CT molecular complexity index is 599. The van der Waals surface area contributed by atoms with E-state index in [4.69, 9.17) is 11.6 Å². The number of rotatable bonds is 7. The molecule has 0 spiro atoms. The Morgan fingerprint density at radius 1 is 1.14 bits per heavy atom. The maximum atomic E-state index is 12.1. The average Bonchev–Trinajstić information content (AvgIpc) is 2.54. The molecule has 0 aliphatic rings. The Morgan fingerprint density at radius 3 is 2.45 bits per heavy atom. The van der Waals surface area contributed by atoms with E-state index in [2.05, 4.69) is 27.5 Å². The smallest absolute Gasteiger partial charge is 0.258 e. The van der Waals surface area contributed by atoms with Crippen molar-refractivity contribution in [3.63, 3.8) is 0 Å². The molecule has 22 heavy (non-hydrogen) atoms. The molecule has 6 heteroatoms. The molecule has 116 valence electrons. The first kappa shape index (κ1) is 16.2. The fourth-order valence-corrected chi connectivity index (χ4v) is 1.97. The number of aromatic nitrogens is 2. The van der Waals surface area contributed by atoms with Gasteiger partial charge in [0.05, 0.1) is 5.56 Å². The Balaban J connectivity index is 1.89. The van der Waals surface area contributed by atoms with Crippen LogP contribution in [0.3, 0.4) is 0 Å². The van der Waals surface area contributed by atoms with E-state index in [0.717, 1.165) is 13.0 Å². The van der Waals surface area contributed by atoms with E-state index >= 15 is 0 Å². The van der Waals surface area contributed by atoms with Crippen molar-refractivity contribution < 1.29 is 4.79 Å². The van der Waals surface area contributed by atoms with Crippen LogP contribution in [0.25, 0.3) is 0 Å². The lowest BCUT2D eigenvalue weighted by atomic mass is 10.2. The quantitative estimate of drug-likeness (QED) is 0.758. The highest BCUT2D eigenvalue weighted by atomic mass is 35.5. The molecule has 2 aromatic rings. The molecule has 0 saturated carbocycles. The summed E-state index contributed by atoms with van der Waals surface area (Å²) < 4.78 is 0. The molecule has 5 nitrogen and oxygen atoms in total. The predicted octanol–water partition coefficient (Wildman–Crippen LogP) is 3.98. The van der Waals surface area contributed by atoms with Gasteiger partial charge in [0.15, 0.2) is 0 Å². The third-order valence-corrected chi connectivity index (χ3v) is 3.33. The summed E-state index contributed by atoms with van der Waals surface area (Å²) in [5, 5.41) is 6.52. The molecule has 1 amide bonds. The number of nitrogens with zero attached hydrogens (tertiary/aromatic N) is 2. The summed E-state index contributed by atoms with van der Waals surface area (Å²) in [6, 6.07) is 6.92. The molecule has 2 rings (SSSR count). The average molecular weight is 319 g/mol. The van der Waals surface area contributed by atoms with Gasteiger partial charge in [-0.3, -0.25) is 4.79 Å². The van der Waals surface area contributed by atoms with Crippen LogP contribution in [0.2, 0.25) is 5.02 Å². The molecule has 0 bridgehead atoms. The lowest BCUT2D eigenvalue weighted by Gasteiger charge is -2.06. The highest BCUT2D eigenvalue weighted by Crippen LogP contribution is 2.14. The van der Waals surface area contributed by atoms with Crippen LogP contribution >= 0.6 is 11.6 Å². The molecule has 1 aromatic heterocycles. The van der Waals surface area contributed by atoms with Gasteiger partial charge in [0, 0.05) is 29.6 Å². The number of benzene rings is 1. The van der Waals surface area contributed by atoms with Gasteiger partial charge < -0.3 is 10.6 Å². The van der Waals surface area contributed by atoms with Crippen molar-refractivity contribution in [1.29, 1.82) is 0 Å². The molecule has 0 saturated heterocycles. The lowest BCUT2D eigenvalue weighted by molar-refractivity contribution is 0.102. The summed E-state index contributed by atoms with van der Waals surface area (Å²) in [4.78, 5) is 20.4. The Hall–Kier alpha value is -2.14. The summed E-state index contributed by atoms with van der Waals surface area (Å²) in [6.07, 6.45) is 6.46. The van der Waals surface area contributed by atoms with Crippen molar-refractivity contribution in [2.24, 2.45) is 0 Å². The zero-order valence-electron chi connectivity index (χ0n) is 12.5. The van der Waals surface area contributed by atoms with Gasteiger partial charge in [0.1, 0.15) is 0 Å². The van der Waals surface area contributed by atoms with Gasteiger partial charge in [-0.1, -0.05) is 31.4 Å². The fourth-order valence-electron chi connectivity index (χ4n) is 1.85. The molecule has 0 unspecified atom stereocenters. The second kappa shape index (κ2) is 8.34. The topological polar surface area (TPSA) is 66.9 Å². The van der Waals surface area contributed by atoms with E-state index in [9.17, 15) is 4.79 Å². The summed E-state index contributed by atoms with van der Waals surface area (Å²) in [7, 11) is 0. The number of hydrogen-bond acceptors (Lipinski definition) is 4. The Labute approximate surface area is 135 Å². The third-order valence-electron chi connectivity index (χ3n) is 3.08. The zero-order valence-corrected chi connectivity index (χ0v) is 13.2. The molecule has 0 aliphatic carbocycles. The van der Waals surface area contributed by atoms with Crippen molar-refractivity contribution in [1.82, 2.24) is 9.97 Å². The normalized spacial score (nSPS) is 10.3. The summed E-state index contributed by atoms with van der Waals surface area (Å²) in [6.45, 7) is 2.99. The number of carbonyl (C=O) groups excluding carboxylic acids is 1. The molecule has 0 aliphatic heterocycles. The number of halogens is 1. The summed E-state index contributed by atoms with van der Waals surface area (Å²) in [5.41, 5.74) is 1.09. The van der Waals surface area contributed by atoms with Gasteiger partial charge in [-0.2, -0.15) is 0 Å². The number of hydrogen-bond donors (Lipinski definition) is 2. The molecule has 2 N–H and O–H groups in total. The minimum Gasteiger partial charge on any atom is -0.354 e. The van der Waals surface area contributed by atoms with Crippen LogP contribution in [0.15, 0.2) is 36.7 Å². The minimum atomic E-state index is -0.250. The highest BCUT2D eigenvalue weighted by molar-refractivity contribution is 6.30. The number of anilines is 2. The maximum absolute atomic E-state index is 12.1. The van der Waals surface area contributed by atoms with Crippen molar-refractivity contribution in [2.75, 3.05) is 17.2 Å². The van der Waals surface area contributed by atoms with Crippen LogP contribution < -0.4 is 10.6 Å². The fraction of sp³-hybridized carbons (Fsp3) is 0.312. The van der Waals surface area contributed by atoms with Gasteiger partial charge in [-0.05, 0) is 30.7 Å². The molecule has 1 aromatic carbocycles. The first-order valence-electron chi connectivity index (χ1n) is 7.32. The van der Waals surface area contributed by atoms with Crippen LogP contribution in [0.4, 0.5) is 11.6 Å². The number of amides is 1. The van der Waals surface area contributed by atoms with Gasteiger partial charge in [-0.15, -0.1) is 0 Å². The standard InChI is InChI=1S/C16H19ClN4O/c1-2-3-4-9-18-16-19-10-12(11-20-16)15(22)21-14-7-5-13(17)6-8-14/h5-8,10-11H,2-4,9H2,1H3,(H,21,22)(H,18,19,20). The summed E-state index contributed by atoms with van der Waals surface area (Å²) in [5.74, 6) is 0.291. The van der Waals surface area contributed by atoms with E-state index in [-0.39, 0.29) is 5.91 Å². The highest BCUT2D eigenvalue weighted by Gasteiger charge is 2.07. The van der Waals surface area contributed by atoms with Crippen LogP contribution in [0.5, 0.6) is 0 Å². The second-order valence-electron chi connectivity index (χ2n) is 4.89. The van der Waals surface area contributed by atoms with E-state index in [1.54, 1.807) is 24.3 Å². The van der Waals surface area contributed by atoms with Gasteiger partial charge >= 0.3 is 0 Å². The monoisotopic (exact) mass is 318 g/mol. The molecule has 0 fully saturated rings. The van der Waals surface area contributed by atoms with E-state index < -0.39 is 0 Å². The Kier molecular flexibility index (Phi) is 6.15. The van der Waals surface area contributed by atoms with Gasteiger partial charge in [0.25, 0.3) is 5.91 Å². The van der Waals surface area contributed by atoms with Crippen LogP contribution in [-0.2, 0) is 0 Å². The van der Waals surface area contributed by atoms with Crippen LogP contribution in [0, 0.1) is 0 Å². The maximum Gasteiger partial charge on any atom is 0.258 e. The predicted molar refractivity (Wildman–Crippen MR) is 89.5 cm³/mol. The van der Waals surface area contributed by atoms with Crippen LogP contribution in [-0.4, -0.2) is 22.4 Å². The van der Waals surface area contributed by atoms with Crippen molar-refractivity contribution >= 4 is 29.1 Å². The number of nitrogens with one attached hydrogen (secondary N) is 2. The van der Waals surface area contributed by atoms with Crippen LogP contribution in [0.1, 0.15) is 36.5 Å². The third kappa shape index (κ3) is 5.00. The number of unbranched alkanes of at least 4 members (excludes halogenated alkanes) is 2. The van der Waals surface area contributed by atoms with E-state index in [1.807, 2.05) is 0 Å². The molecule has 0 radical (unpaired) electrons. The molecular formula is C16H19ClN4O. The molecular weight excluding hydrogens is 300 g/mol. The SMILES string of the molecule is CCCCCNc1ncc(C(=O)Nc2ccc(Cl)cc2)cn1. The van der Waals surface area contributed by atoms with Gasteiger partial charge in [0.2, 0.25) is 5.95 Å². The minimum absolute atomic E-state index is 0.250. The molecule has 1 heterocycles. The zero-order chi connectivity index (χ0) is 15.8.